The van der Waals surface area contributed by atoms with Crippen LogP contribution in [-0.4, -0.2) is 27.1 Å². The maximum Gasteiger partial charge on any atom is 0.430 e. The van der Waals surface area contributed by atoms with Gasteiger partial charge in [0.25, 0.3) is 5.60 Å². The quantitative estimate of drug-likeness (QED) is 0.584. The van der Waals surface area contributed by atoms with Gasteiger partial charge in [0.05, 0.1) is 6.10 Å². The monoisotopic (exact) mass is 417 g/mol. The number of aliphatic hydroxyl groups is 2. The predicted octanol–water partition coefficient (Wildman–Crippen LogP) is 5.06. The van der Waals surface area contributed by atoms with Crippen molar-refractivity contribution in [2.24, 2.45) is 0 Å². The fourth-order valence-electron chi connectivity index (χ4n) is 3.29. The van der Waals surface area contributed by atoms with Gasteiger partial charge in [-0.15, -0.1) is 0 Å². The molecule has 0 amide bonds. The minimum Gasteiger partial charge on any atom is -0.387 e. The summed E-state index contributed by atoms with van der Waals surface area (Å²) >= 11 is 0. The molecule has 1 heterocycles. The maximum atomic E-state index is 13.2. The summed E-state index contributed by atoms with van der Waals surface area (Å²) < 4.78 is 80.6. The number of alkyl halides is 6. The van der Waals surface area contributed by atoms with E-state index < -0.39 is 29.6 Å². The molecule has 0 aliphatic rings. The Hall–Kier alpha value is -2.52. The highest BCUT2D eigenvalue weighted by molar-refractivity contribution is 5.82. The SMILES string of the molecule is CC(O)c1cc2cc(C(O)(C(F)(F)F)C(F)(F)F)ccc2n1Cc1ccccc1. The van der Waals surface area contributed by atoms with Crippen LogP contribution in [0.15, 0.2) is 54.6 Å². The molecule has 3 aromatic rings. The molecule has 0 bridgehead atoms. The minimum absolute atomic E-state index is 0.0428. The van der Waals surface area contributed by atoms with Gasteiger partial charge < -0.3 is 14.8 Å². The minimum atomic E-state index is -5.96. The van der Waals surface area contributed by atoms with Crippen LogP contribution >= 0.6 is 0 Å². The molecule has 2 aromatic carbocycles. The third-order valence-corrected chi connectivity index (χ3v) is 4.78. The van der Waals surface area contributed by atoms with Crippen LogP contribution in [0.2, 0.25) is 0 Å². The van der Waals surface area contributed by atoms with Gasteiger partial charge in [0.1, 0.15) is 0 Å². The molecule has 0 fully saturated rings. The lowest BCUT2D eigenvalue weighted by molar-refractivity contribution is -0.376. The molecule has 9 heteroatoms. The van der Waals surface area contributed by atoms with Gasteiger partial charge in [-0.2, -0.15) is 26.3 Å². The average Bonchev–Trinajstić information content (AvgIpc) is 2.98. The zero-order chi connectivity index (χ0) is 21.6. The van der Waals surface area contributed by atoms with Crippen molar-refractivity contribution in [3.05, 3.63) is 71.4 Å². The number of halogens is 6. The number of hydrogen-bond donors (Lipinski definition) is 2. The molecule has 1 unspecified atom stereocenters. The molecular weight excluding hydrogens is 400 g/mol. The van der Waals surface area contributed by atoms with E-state index in [1.165, 1.54) is 13.0 Å². The Morgan fingerprint density at radius 2 is 1.48 bits per heavy atom. The smallest absolute Gasteiger partial charge is 0.387 e. The first-order valence-electron chi connectivity index (χ1n) is 8.57. The van der Waals surface area contributed by atoms with Crippen LogP contribution in [0.25, 0.3) is 10.9 Å². The maximum absolute atomic E-state index is 13.2. The third-order valence-electron chi connectivity index (χ3n) is 4.78. The van der Waals surface area contributed by atoms with Gasteiger partial charge in [0.2, 0.25) is 0 Å². The molecule has 1 atom stereocenters. The van der Waals surface area contributed by atoms with E-state index in [-0.39, 0.29) is 11.9 Å². The summed E-state index contributed by atoms with van der Waals surface area (Å²) in [6, 6.07) is 12.6. The normalized spacial score (nSPS) is 14.4. The molecule has 0 saturated carbocycles. The van der Waals surface area contributed by atoms with Crippen LogP contribution in [0.4, 0.5) is 26.3 Å². The summed E-state index contributed by atoms with van der Waals surface area (Å²) in [7, 11) is 0. The first kappa shape index (κ1) is 21.2. The molecule has 29 heavy (non-hydrogen) atoms. The Morgan fingerprint density at radius 3 is 2.00 bits per heavy atom. The molecular formula is C20H17F6NO2. The van der Waals surface area contributed by atoms with Crippen molar-refractivity contribution >= 4 is 10.9 Å². The number of fused-ring (bicyclic) bond motifs is 1. The van der Waals surface area contributed by atoms with E-state index in [1.807, 2.05) is 0 Å². The highest BCUT2D eigenvalue weighted by atomic mass is 19.4. The summed E-state index contributed by atoms with van der Waals surface area (Å²) in [5.74, 6) is 0. The van der Waals surface area contributed by atoms with Gasteiger partial charge in [-0.3, -0.25) is 0 Å². The highest BCUT2D eigenvalue weighted by Crippen LogP contribution is 2.50. The van der Waals surface area contributed by atoms with Gasteiger partial charge in [-0.25, -0.2) is 0 Å². The highest BCUT2D eigenvalue weighted by Gasteiger charge is 2.71. The molecule has 3 rings (SSSR count). The Bertz CT molecular complexity index is 991. The molecule has 0 radical (unpaired) electrons. The van der Waals surface area contributed by atoms with Crippen molar-refractivity contribution in [2.45, 2.75) is 37.5 Å². The van der Waals surface area contributed by atoms with Crippen molar-refractivity contribution in [2.75, 3.05) is 0 Å². The molecule has 0 aliphatic heterocycles. The van der Waals surface area contributed by atoms with Crippen molar-refractivity contribution < 1.29 is 36.6 Å². The fourth-order valence-corrected chi connectivity index (χ4v) is 3.29. The molecule has 3 nitrogen and oxygen atoms in total. The van der Waals surface area contributed by atoms with Crippen LogP contribution in [-0.2, 0) is 12.1 Å². The summed E-state index contributed by atoms with van der Waals surface area (Å²) in [4.78, 5) is 0. The van der Waals surface area contributed by atoms with Crippen LogP contribution < -0.4 is 0 Å². The Kier molecular flexibility index (Phi) is 5.17. The molecule has 1 aromatic heterocycles. The molecule has 2 N–H and O–H groups in total. The lowest BCUT2D eigenvalue weighted by atomic mass is 9.91. The van der Waals surface area contributed by atoms with E-state index >= 15 is 0 Å². The van der Waals surface area contributed by atoms with E-state index in [1.54, 1.807) is 34.9 Å². The zero-order valence-electron chi connectivity index (χ0n) is 15.1. The fraction of sp³-hybridized carbons (Fsp3) is 0.300. The molecule has 0 spiro atoms. The largest absolute Gasteiger partial charge is 0.430 e. The van der Waals surface area contributed by atoms with Crippen LogP contribution in [0, 0.1) is 0 Å². The van der Waals surface area contributed by atoms with Crippen LogP contribution in [0.3, 0.4) is 0 Å². The Labute approximate surface area is 161 Å². The number of nitrogens with zero attached hydrogens (tertiary/aromatic N) is 1. The Balaban J connectivity index is 2.19. The zero-order valence-corrected chi connectivity index (χ0v) is 15.1. The third kappa shape index (κ3) is 3.60. The van der Waals surface area contributed by atoms with Crippen molar-refractivity contribution in [1.29, 1.82) is 0 Å². The average molecular weight is 417 g/mol. The van der Waals surface area contributed by atoms with Crippen molar-refractivity contribution in [3.63, 3.8) is 0 Å². The second-order valence-electron chi connectivity index (χ2n) is 6.80. The van der Waals surface area contributed by atoms with Gasteiger partial charge in [0.15, 0.2) is 0 Å². The number of aliphatic hydroxyl groups excluding tert-OH is 1. The lowest BCUT2D eigenvalue weighted by Crippen LogP contribution is -2.53. The van der Waals surface area contributed by atoms with E-state index in [9.17, 15) is 36.6 Å². The number of benzene rings is 2. The van der Waals surface area contributed by atoms with Gasteiger partial charge in [0, 0.05) is 28.7 Å². The number of aromatic nitrogens is 1. The van der Waals surface area contributed by atoms with E-state index in [4.69, 9.17) is 0 Å². The molecule has 0 aliphatic carbocycles. The number of hydrogen-bond acceptors (Lipinski definition) is 2. The standard InChI is InChI=1S/C20H17F6NO2/c1-12(28)17-10-14-9-15(18(29,19(21,22)23)20(24,25)26)7-8-16(14)27(17)11-13-5-3-2-4-6-13/h2-10,12,28-29H,11H2,1H3. The topological polar surface area (TPSA) is 45.4 Å². The Morgan fingerprint density at radius 1 is 0.897 bits per heavy atom. The van der Waals surface area contributed by atoms with E-state index in [0.29, 0.717) is 23.3 Å². The van der Waals surface area contributed by atoms with Crippen LogP contribution in [0.1, 0.15) is 29.8 Å². The summed E-state index contributed by atoms with van der Waals surface area (Å²) in [6.07, 6.45) is -12.9. The summed E-state index contributed by atoms with van der Waals surface area (Å²) in [5, 5.41) is 19.7. The van der Waals surface area contributed by atoms with Crippen molar-refractivity contribution in [3.8, 4) is 0 Å². The summed E-state index contributed by atoms with van der Waals surface area (Å²) in [5.41, 5.74) is -4.85. The second-order valence-corrected chi connectivity index (χ2v) is 6.80. The predicted molar refractivity (Wildman–Crippen MR) is 94.1 cm³/mol. The van der Waals surface area contributed by atoms with Gasteiger partial charge >= 0.3 is 12.4 Å². The van der Waals surface area contributed by atoms with Gasteiger partial charge in [-0.1, -0.05) is 36.4 Å². The van der Waals surface area contributed by atoms with Crippen molar-refractivity contribution in [1.82, 2.24) is 4.57 Å². The molecule has 0 saturated heterocycles. The first-order chi connectivity index (χ1) is 13.4. The second kappa shape index (κ2) is 7.07. The first-order valence-corrected chi connectivity index (χ1v) is 8.57. The van der Waals surface area contributed by atoms with E-state index in [2.05, 4.69) is 0 Å². The van der Waals surface area contributed by atoms with Crippen LogP contribution in [0.5, 0.6) is 0 Å². The summed E-state index contributed by atoms with van der Waals surface area (Å²) in [6.45, 7) is 1.70. The van der Waals surface area contributed by atoms with E-state index in [0.717, 1.165) is 11.6 Å². The lowest BCUT2D eigenvalue weighted by Gasteiger charge is -2.32. The molecule has 156 valence electrons. The number of rotatable bonds is 4. The van der Waals surface area contributed by atoms with Gasteiger partial charge in [-0.05, 0) is 30.7 Å².